The Balaban J connectivity index is 1.72. The standard InChI is InChI=1S/C24H20Cl2F4N4O2/c1-12-10-33(23(35)13(2)24(28,29)30)6-7-34(12)22-16-9-17(26)19(20(27)21(16)31-11-32-22)15-8-14(25)4-5-18(15)36-3/h4-5,8-9,11-12H,2,6-7,10H2,1,3H3. The van der Waals surface area contributed by atoms with Crippen molar-refractivity contribution in [2.45, 2.75) is 19.1 Å². The van der Waals surface area contributed by atoms with E-state index in [2.05, 4.69) is 16.5 Å². The third-order valence-corrected chi connectivity index (χ3v) is 6.55. The summed E-state index contributed by atoms with van der Waals surface area (Å²) in [6.07, 6.45) is -3.61. The number of benzene rings is 2. The van der Waals surface area contributed by atoms with Gasteiger partial charge in [0.05, 0.1) is 12.1 Å². The van der Waals surface area contributed by atoms with E-state index in [-0.39, 0.29) is 35.7 Å². The lowest BCUT2D eigenvalue weighted by molar-refractivity contribution is -0.140. The number of hydrogen-bond donors (Lipinski definition) is 0. The average Bonchev–Trinajstić information content (AvgIpc) is 2.82. The van der Waals surface area contributed by atoms with Gasteiger partial charge in [0.25, 0.3) is 5.91 Å². The Bertz CT molecular complexity index is 1370. The van der Waals surface area contributed by atoms with Gasteiger partial charge in [-0.3, -0.25) is 4.79 Å². The fraction of sp³-hybridized carbons (Fsp3) is 0.292. The normalized spacial score (nSPS) is 16.4. The fourth-order valence-electron chi connectivity index (χ4n) is 4.24. The molecule has 1 unspecified atom stereocenters. The van der Waals surface area contributed by atoms with E-state index in [1.165, 1.54) is 25.6 Å². The first-order valence-electron chi connectivity index (χ1n) is 10.7. The van der Waals surface area contributed by atoms with Crippen molar-refractivity contribution < 1.29 is 27.1 Å². The minimum absolute atomic E-state index is 0.00220. The molecule has 1 fully saturated rings. The molecule has 3 aromatic rings. The van der Waals surface area contributed by atoms with Crippen LogP contribution in [-0.2, 0) is 4.79 Å². The molecule has 1 saturated heterocycles. The number of anilines is 1. The smallest absolute Gasteiger partial charge is 0.421 e. The summed E-state index contributed by atoms with van der Waals surface area (Å²) in [4.78, 5) is 23.5. The molecule has 0 saturated carbocycles. The molecule has 1 aliphatic heterocycles. The van der Waals surface area contributed by atoms with E-state index < -0.39 is 29.5 Å². The highest BCUT2D eigenvalue weighted by Gasteiger charge is 2.40. The number of carbonyl (C=O) groups is 1. The van der Waals surface area contributed by atoms with Crippen LogP contribution in [0, 0.1) is 5.82 Å². The van der Waals surface area contributed by atoms with E-state index in [9.17, 15) is 18.0 Å². The van der Waals surface area contributed by atoms with Crippen molar-refractivity contribution in [2.24, 2.45) is 0 Å². The Morgan fingerprint density at radius 1 is 1.19 bits per heavy atom. The summed E-state index contributed by atoms with van der Waals surface area (Å²) in [5, 5.41) is 0.745. The molecule has 0 bridgehead atoms. The van der Waals surface area contributed by atoms with Crippen LogP contribution in [0.2, 0.25) is 10.0 Å². The largest absolute Gasteiger partial charge is 0.496 e. The number of ether oxygens (including phenoxy) is 1. The zero-order chi connectivity index (χ0) is 26.4. The van der Waals surface area contributed by atoms with Crippen molar-refractivity contribution in [2.75, 3.05) is 31.6 Å². The quantitative estimate of drug-likeness (QED) is 0.303. The van der Waals surface area contributed by atoms with E-state index in [1.54, 1.807) is 24.0 Å². The number of piperazine rings is 1. The topological polar surface area (TPSA) is 58.6 Å². The number of carbonyl (C=O) groups excluding carboxylic acids is 1. The lowest BCUT2D eigenvalue weighted by Gasteiger charge is -2.41. The first kappa shape index (κ1) is 26.0. The number of nitrogens with zero attached hydrogens (tertiary/aromatic N) is 4. The molecule has 2 heterocycles. The Morgan fingerprint density at radius 3 is 2.56 bits per heavy atom. The molecule has 0 aliphatic carbocycles. The second-order valence-electron chi connectivity index (χ2n) is 8.26. The van der Waals surface area contributed by atoms with Crippen LogP contribution in [0.15, 0.2) is 42.7 Å². The summed E-state index contributed by atoms with van der Waals surface area (Å²) >= 11 is 12.7. The maximum Gasteiger partial charge on any atom is 0.421 e. The number of rotatable bonds is 4. The first-order valence-corrected chi connectivity index (χ1v) is 11.5. The predicted octanol–water partition coefficient (Wildman–Crippen LogP) is 5.91. The van der Waals surface area contributed by atoms with Gasteiger partial charge in [-0.25, -0.2) is 14.4 Å². The lowest BCUT2D eigenvalue weighted by atomic mass is 10.0. The monoisotopic (exact) mass is 542 g/mol. The van der Waals surface area contributed by atoms with E-state index in [1.807, 2.05) is 0 Å². The third-order valence-electron chi connectivity index (χ3n) is 6.02. The second kappa shape index (κ2) is 9.74. The summed E-state index contributed by atoms with van der Waals surface area (Å²) in [5.41, 5.74) is -1.02. The van der Waals surface area contributed by atoms with Gasteiger partial charge in [-0.2, -0.15) is 13.2 Å². The van der Waals surface area contributed by atoms with Crippen molar-refractivity contribution in [1.82, 2.24) is 14.9 Å². The van der Waals surface area contributed by atoms with Crippen molar-refractivity contribution >= 4 is 45.8 Å². The molecular formula is C24H20Cl2F4N4O2. The van der Waals surface area contributed by atoms with E-state index >= 15 is 4.39 Å². The molecule has 1 aromatic heterocycles. The van der Waals surface area contributed by atoms with E-state index in [0.717, 1.165) is 4.90 Å². The summed E-state index contributed by atoms with van der Waals surface area (Å²) in [6, 6.07) is 5.83. The van der Waals surface area contributed by atoms with Gasteiger partial charge < -0.3 is 14.5 Å². The van der Waals surface area contributed by atoms with Gasteiger partial charge in [0.1, 0.15) is 29.0 Å². The Kier molecular flexibility index (Phi) is 7.03. The number of halogens is 6. The van der Waals surface area contributed by atoms with Crippen LogP contribution in [0.4, 0.5) is 23.4 Å². The minimum atomic E-state index is -4.81. The summed E-state index contributed by atoms with van der Waals surface area (Å²) < 4.78 is 60.0. The first-order chi connectivity index (χ1) is 16.9. The van der Waals surface area contributed by atoms with Gasteiger partial charge in [0.2, 0.25) is 0 Å². The van der Waals surface area contributed by atoms with Crippen molar-refractivity contribution in [3.63, 3.8) is 0 Å². The van der Waals surface area contributed by atoms with Crippen molar-refractivity contribution in [1.29, 1.82) is 0 Å². The maximum atomic E-state index is 15.8. The lowest BCUT2D eigenvalue weighted by Crippen LogP contribution is -2.55. The SMILES string of the molecule is C=C(C(=O)N1CCN(c2ncnc3c(F)c(-c4cc(Cl)ccc4OC)c(Cl)cc23)C(C)C1)C(F)(F)F. The number of alkyl halides is 3. The zero-order valence-corrected chi connectivity index (χ0v) is 20.7. The van der Waals surface area contributed by atoms with Crippen LogP contribution in [0.25, 0.3) is 22.0 Å². The molecular weight excluding hydrogens is 523 g/mol. The summed E-state index contributed by atoms with van der Waals surface area (Å²) in [7, 11) is 1.44. The van der Waals surface area contributed by atoms with Gasteiger partial charge in [-0.05, 0) is 31.2 Å². The number of amides is 1. The molecule has 1 atom stereocenters. The summed E-state index contributed by atoms with van der Waals surface area (Å²) in [6.45, 7) is 4.77. The van der Waals surface area contributed by atoms with Crippen LogP contribution in [0.3, 0.4) is 0 Å². The highest BCUT2D eigenvalue weighted by Crippen LogP contribution is 2.42. The molecule has 6 nitrogen and oxygen atoms in total. The molecule has 0 radical (unpaired) electrons. The molecule has 190 valence electrons. The Morgan fingerprint density at radius 2 is 1.92 bits per heavy atom. The van der Waals surface area contributed by atoms with Crippen LogP contribution in [-0.4, -0.2) is 59.7 Å². The Hall–Kier alpha value is -3.11. The molecule has 1 aliphatic rings. The summed E-state index contributed by atoms with van der Waals surface area (Å²) in [5.74, 6) is -1.16. The van der Waals surface area contributed by atoms with Crippen molar-refractivity contribution in [3.8, 4) is 16.9 Å². The van der Waals surface area contributed by atoms with Gasteiger partial charge in [-0.1, -0.05) is 29.8 Å². The molecule has 4 rings (SSSR count). The molecule has 1 amide bonds. The fourth-order valence-corrected chi connectivity index (χ4v) is 4.70. The highest BCUT2D eigenvalue weighted by molar-refractivity contribution is 6.35. The third kappa shape index (κ3) is 4.67. The van der Waals surface area contributed by atoms with Gasteiger partial charge in [-0.15, -0.1) is 0 Å². The van der Waals surface area contributed by atoms with E-state index in [0.29, 0.717) is 27.5 Å². The van der Waals surface area contributed by atoms with Crippen LogP contribution in [0.5, 0.6) is 5.75 Å². The predicted molar refractivity (Wildman–Crippen MR) is 130 cm³/mol. The zero-order valence-electron chi connectivity index (χ0n) is 19.2. The molecule has 0 spiro atoms. The number of methoxy groups -OCH3 is 1. The van der Waals surface area contributed by atoms with Crippen molar-refractivity contribution in [3.05, 3.63) is 58.6 Å². The Labute approximate surface area is 214 Å². The van der Waals surface area contributed by atoms with Gasteiger partial charge in [0, 0.05) is 47.2 Å². The molecule has 12 heteroatoms. The van der Waals surface area contributed by atoms with Crippen LogP contribution < -0.4 is 9.64 Å². The highest BCUT2D eigenvalue weighted by atomic mass is 35.5. The number of fused-ring (bicyclic) bond motifs is 1. The number of hydrogen-bond acceptors (Lipinski definition) is 5. The molecule has 0 N–H and O–H groups in total. The van der Waals surface area contributed by atoms with Crippen LogP contribution >= 0.6 is 23.2 Å². The second-order valence-corrected chi connectivity index (χ2v) is 9.10. The molecule has 36 heavy (non-hydrogen) atoms. The van der Waals surface area contributed by atoms with Gasteiger partial charge in [0.15, 0.2) is 5.82 Å². The maximum absolute atomic E-state index is 15.8. The molecule has 2 aromatic carbocycles. The number of aromatic nitrogens is 2. The van der Waals surface area contributed by atoms with Gasteiger partial charge >= 0.3 is 6.18 Å². The minimum Gasteiger partial charge on any atom is -0.496 e. The van der Waals surface area contributed by atoms with E-state index in [4.69, 9.17) is 27.9 Å². The average molecular weight is 543 g/mol. The van der Waals surface area contributed by atoms with Crippen LogP contribution in [0.1, 0.15) is 6.92 Å².